The van der Waals surface area contributed by atoms with E-state index in [1.54, 1.807) is 43.3 Å². The summed E-state index contributed by atoms with van der Waals surface area (Å²) < 4.78 is 10.5. The Morgan fingerprint density at radius 1 is 1.07 bits per heavy atom. The van der Waals surface area contributed by atoms with Gasteiger partial charge >= 0.3 is 5.97 Å². The molecule has 1 aliphatic rings. The standard InChI is InChI=1S/C21H20N2O6/c1-3-28-17-9-8-13(10-16(17)21(27)29-12(2)18(22)24)11-23-19(25)14-6-4-5-7-15(14)20(23)26/h4-10,12H,3,11H2,1-2H3,(H2,22,24). The highest BCUT2D eigenvalue weighted by molar-refractivity contribution is 6.21. The summed E-state index contributed by atoms with van der Waals surface area (Å²) in [5.41, 5.74) is 6.44. The van der Waals surface area contributed by atoms with Crippen molar-refractivity contribution in [2.24, 2.45) is 5.73 Å². The van der Waals surface area contributed by atoms with Crippen LogP contribution in [0.3, 0.4) is 0 Å². The average molecular weight is 396 g/mol. The number of fused-ring (bicyclic) bond motifs is 1. The maximum Gasteiger partial charge on any atom is 0.342 e. The number of imide groups is 1. The van der Waals surface area contributed by atoms with E-state index in [2.05, 4.69) is 0 Å². The van der Waals surface area contributed by atoms with Gasteiger partial charge < -0.3 is 15.2 Å². The molecule has 1 atom stereocenters. The van der Waals surface area contributed by atoms with Crippen LogP contribution in [0.5, 0.6) is 5.75 Å². The summed E-state index contributed by atoms with van der Waals surface area (Å²) in [6.07, 6.45) is -1.11. The van der Waals surface area contributed by atoms with Crippen LogP contribution in [-0.2, 0) is 16.1 Å². The Balaban J connectivity index is 1.87. The number of rotatable bonds is 7. The lowest BCUT2D eigenvalue weighted by molar-refractivity contribution is -0.125. The molecule has 0 bridgehead atoms. The first-order valence-corrected chi connectivity index (χ1v) is 9.04. The van der Waals surface area contributed by atoms with Gasteiger partial charge in [0.15, 0.2) is 6.10 Å². The molecule has 0 saturated carbocycles. The Morgan fingerprint density at radius 3 is 2.24 bits per heavy atom. The summed E-state index contributed by atoms with van der Waals surface area (Å²) in [7, 11) is 0. The first-order valence-electron chi connectivity index (χ1n) is 9.04. The van der Waals surface area contributed by atoms with Crippen molar-refractivity contribution in [2.75, 3.05) is 6.61 Å². The van der Waals surface area contributed by atoms with Crippen LogP contribution in [0.1, 0.15) is 50.5 Å². The van der Waals surface area contributed by atoms with E-state index < -0.39 is 29.8 Å². The molecule has 150 valence electrons. The van der Waals surface area contributed by atoms with Crippen LogP contribution >= 0.6 is 0 Å². The lowest BCUT2D eigenvalue weighted by Gasteiger charge is -2.17. The lowest BCUT2D eigenvalue weighted by Crippen LogP contribution is -2.31. The van der Waals surface area contributed by atoms with Crippen LogP contribution in [0.25, 0.3) is 0 Å². The summed E-state index contributed by atoms with van der Waals surface area (Å²) in [6, 6.07) is 11.3. The van der Waals surface area contributed by atoms with Crippen molar-refractivity contribution in [1.29, 1.82) is 0 Å². The van der Waals surface area contributed by atoms with Crippen molar-refractivity contribution >= 4 is 23.7 Å². The van der Waals surface area contributed by atoms with Gasteiger partial charge in [0.1, 0.15) is 11.3 Å². The van der Waals surface area contributed by atoms with Gasteiger partial charge in [-0.25, -0.2) is 4.79 Å². The smallest absolute Gasteiger partial charge is 0.342 e. The molecule has 1 heterocycles. The van der Waals surface area contributed by atoms with Gasteiger partial charge in [-0.05, 0) is 43.7 Å². The molecular weight excluding hydrogens is 376 g/mol. The molecule has 0 fully saturated rings. The van der Waals surface area contributed by atoms with Crippen molar-refractivity contribution < 1.29 is 28.7 Å². The van der Waals surface area contributed by atoms with E-state index in [1.807, 2.05) is 0 Å². The number of carbonyl (C=O) groups excluding carboxylic acids is 4. The maximum atomic E-state index is 12.6. The highest BCUT2D eigenvalue weighted by atomic mass is 16.5. The molecule has 2 aromatic rings. The topological polar surface area (TPSA) is 116 Å². The number of amides is 3. The molecule has 3 amide bonds. The zero-order valence-electron chi connectivity index (χ0n) is 16.0. The minimum atomic E-state index is -1.11. The minimum absolute atomic E-state index is 0.0234. The Morgan fingerprint density at radius 2 is 1.69 bits per heavy atom. The van der Waals surface area contributed by atoms with Crippen molar-refractivity contribution in [3.8, 4) is 5.75 Å². The number of nitrogens with two attached hydrogens (primary N) is 1. The van der Waals surface area contributed by atoms with E-state index in [1.165, 1.54) is 13.0 Å². The first kappa shape index (κ1) is 20.1. The predicted molar refractivity (Wildman–Crippen MR) is 102 cm³/mol. The fraction of sp³-hybridized carbons (Fsp3) is 0.238. The highest BCUT2D eigenvalue weighted by Gasteiger charge is 2.35. The largest absolute Gasteiger partial charge is 0.493 e. The van der Waals surface area contributed by atoms with Gasteiger partial charge in [0, 0.05) is 0 Å². The number of hydrogen-bond donors (Lipinski definition) is 1. The summed E-state index contributed by atoms with van der Waals surface area (Å²) >= 11 is 0. The summed E-state index contributed by atoms with van der Waals surface area (Å²) in [5, 5.41) is 0. The Hall–Kier alpha value is -3.68. The monoisotopic (exact) mass is 396 g/mol. The summed E-state index contributed by atoms with van der Waals surface area (Å²) in [6.45, 7) is 3.41. The number of esters is 1. The third-order valence-corrected chi connectivity index (χ3v) is 4.47. The number of ether oxygens (including phenoxy) is 2. The number of primary amides is 1. The van der Waals surface area contributed by atoms with Crippen molar-refractivity contribution in [3.05, 3.63) is 64.7 Å². The molecule has 8 nitrogen and oxygen atoms in total. The van der Waals surface area contributed by atoms with Crippen LogP contribution in [0.15, 0.2) is 42.5 Å². The quantitative estimate of drug-likeness (QED) is 0.565. The number of benzene rings is 2. The van der Waals surface area contributed by atoms with Gasteiger partial charge in [0.25, 0.3) is 17.7 Å². The molecule has 0 radical (unpaired) electrons. The molecule has 2 N–H and O–H groups in total. The fourth-order valence-corrected chi connectivity index (χ4v) is 2.96. The van der Waals surface area contributed by atoms with E-state index in [9.17, 15) is 19.2 Å². The van der Waals surface area contributed by atoms with Gasteiger partial charge in [0.2, 0.25) is 0 Å². The third-order valence-electron chi connectivity index (χ3n) is 4.47. The molecule has 1 unspecified atom stereocenters. The van der Waals surface area contributed by atoms with Crippen molar-refractivity contribution in [3.63, 3.8) is 0 Å². The zero-order chi connectivity index (χ0) is 21.1. The van der Waals surface area contributed by atoms with Gasteiger partial charge in [-0.3, -0.25) is 19.3 Å². The normalized spacial score (nSPS) is 13.8. The second kappa shape index (κ2) is 8.14. The minimum Gasteiger partial charge on any atom is -0.493 e. The second-order valence-electron chi connectivity index (χ2n) is 6.46. The number of nitrogens with zero attached hydrogens (tertiary/aromatic N) is 1. The van der Waals surface area contributed by atoms with Crippen LogP contribution < -0.4 is 10.5 Å². The Bertz CT molecular complexity index is 965. The molecular formula is C21H20N2O6. The fourth-order valence-electron chi connectivity index (χ4n) is 2.96. The Kier molecular flexibility index (Phi) is 5.63. The van der Waals surface area contributed by atoms with Crippen LogP contribution in [0.2, 0.25) is 0 Å². The Labute approximate surface area is 167 Å². The molecule has 1 aliphatic heterocycles. The molecule has 0 spiro atoms. The van der Waals surface area contributed by atoms with Crippen molar-refractivity contribution in [1.82, 2.24) is 4.90 Å². The molecule has 0 aliphatic carbocycles. The predicted octanol–water partition coefficient (Wildman–Crippen LogP) is 1.91. The van der Waals surface area contributed by atoms with Gasteiger partial charge in [-0.1, -0.05) is 18.2 Å². The maximum absolute atomic E-state index is 12.6. The van der Waals surface area contributed by atoms with E-state index >= 15 is 0 Å². The van der Waals surface area contributed by atoms with E-state index in [0.717, 1.165) is 4.90 Å². The van der Waals surface area contributed by atoms with Crippen LogP contribution in [-0.4, -0.2) is 41.3 Å². The van der Waals surface area contributed by atoms with E-state index in [0.29, 0.717) is 23.3 Å². The lowest BCUT2D eigenvalue weighted by atomic mass is 10.1. The molecule has 2 aromatic carbocycles. The summed E-state index contributed by atoms with van der Waals surface area (Å²) in [4.78, 5) is 49.9. The van der Waals surface area contributed by atoms with E-state index in [4.69, 9.17) is 15.2 Å². The average Bonchev–Trinajstić information content (AvgIpc) is 2.94. The van der Waals surface area contributed by atoms with Gasteiger partial charge in [0.05, 0.1) is 24.3 Å². The van der Waals surface area contributed by atoms with Crippen LogP contribution in [0.4, 0.5) is 0 Å². The van der Waals surface area contributed by atoms with Crippen molar-refractivity contribution in [2.45, 2.75) is 26.5 Å². The van der Waals surface area contributed by atoms with Crippen LogP contribution in [0, 0.1) is 0 Å². The van der Waals surface area contributed by atoms with E-state index in [-0.39, 0.29) is 17.9 Å². The second-order valence-corrected chi connectivity index (χ2v) is 6.46. The number of carbonyl (C=O) groups is 4. The molecule has 8 heteroatoms. The summed E-state index contributed by atoms with van der Waals surface area (Å²) in [5.74, 6) is -2.10. The number of hydrogen-bond acceptors (Lipinski definition) is 6. The zero-order valence-corrected chi connectivity index (χ0v) is 16.0. The molecule has 29 heavy (non-hydrogen) atoms. The molecule has 3 rings (SSSR count). The molecule has 0 aromatic heterocycles. The third kappa shape index (κ3) is 3.96. The van der Waals surface area contributed by atoms with Gasteiger partial charge in [-0.15, -0.1) is 0 Å². The van der Waals surface area contributed by atoms with Gasteiger partial charge in [-0.2, -0.15) is 0 Å². The first-order chi connectivity index (χ1) is 13.8. The molecule has 0 saturated heterocycles. The SMILES string of the molecule is CCOc1ccc(CN2C(=O)c3ccccc3C2=O)cc1C(=O)OC(C)C(N)=O. The highest BCUT2D eigenvalue weighted by Crippen LogP contribution is 2.27.